The van der Waals surface area contributed by atoms with Crippen molar-refractivity contribution in [2.75, 3.05) is 0 Å². The molecular weight excluding hydrogens is 569 g/mol. The molecule has 0 fully saturated rings. The Morgan fingerprint density at radius 3 is 1.68 bits per heavy atom. The first-order valence-corrected chi connectivity index (χ1v) is 15.7. The van der Waals surface area contributed by atoms with Gasteiger partial charge in [0, 0.05) is 10.8 Å². The molecule has 0 saturated heterocycles. The summed E-state index contributed by atoms with van der Waals surface area (Å²) in [5.74, 6) is 0. The Kier molecular flexibility index (Phi) is 4.49. The standard InChI is InChI=1S/C46H28O/c1-2-13-29(14-3-1)30-25-26-39-43(28-30)47-42-24-12-23-40(46(39)42)44-35-19-8-10-21-37(35)45(38-22-11-9-20-36(38)44)41-27-31-15-4-5-16-32(31)33-17-6-7-18-34(33)41/h1-28H/i12D,23D,24D,25D,26D,28D. The number of hydrogen-bond acceptors (Lipinski definition) is 1. The molecule has 0 aliphatic heterocycles. The highest BCUT2D eigenvalue weighted by Gasteiger charge is 2.21. The molecule has 10 rings (SSSR count). The molecule has 0 saturated carbocycles. The van der Waals surface area contributed by atoms with E-state index in [9.17, 15) is 4.11 Å². The molecule has 0 N–H and O–H groups in total. The van der Waals surface area contributed by atoms with Crippen LogP contribution in [0.25, 0.3) is 98.4 Å². The van der Waals surface area contributed by atoms with Crippen LogP contribution in [0.15, 0.2) is 174 Å². The van der Waals surface area contributed by atoms with Gasteiger partial charge in [0.1, 0.15) is 11.2 Å². The van der Waals surface area contributed by atoms with Crippen LogP contribution in [0, 0.1) is 0 Å². The first-order chi connectivity index (χ1) is 25.8. The van der Waals surface area contributed by atoms with Crippen molar-refractivity contribution in [2.45, 2.75) is 0 Å². The van der Waals surface area contributed by atoms with Gasteiger partial charge in [0.05, 0.1) is 8.22 Å². The SMILES string of the molecule is [2H]c1c([2H])c(-c2c3ccccc3c(-c3cc4ccccc4c4ccccc34)c3ccccc23)c2c(oc3c([2H])c(-c4ccccc4)c([2H])c([2H])c32)c1[2H]. The molecule has 1 aromatic heterocycles. The van der Waals surface area contributed by atoms with Crippen molar-refractivity contribution in [1.29, 1.82) is 0 Å². The fourth-order valence-corrected chi connectivity index (χ4v) is 7.33. The van der Waals surface area contributed by atoms with Crippen LogP contribution in [0.1, 0.15) is 8.22 Å². The van der Waals surface area contributed by atoms with E-state index in [4.69, 9.17) is 8.53 Å². The third kappa shape index (κ3) is 3.90. The normalized spacial score (nSPS) is 13.6. The molecule has 1 heterocycles. The van der Waals surface area contributed by atoms with Crippen LogP contribution in [-0.2, 0) is 0 Å². The van der Waals surface area contributed by atoms with Crippen molar-refractivity contribution in [3.8, 4) is 33.4 Å². The maximum absolute atomic E-state index is 9.49. The van der Waals surface area contributed by atoms with Gasteiger partial charge in [0.15, 0.2) is 0 Å². The van der Waals surface area contributed by atoms with Crippen LogP contribution in [0.2, 0.25) is 0 Å². The molecule has 0 aliphatic rings. The van der Waals surface area contributed by atoms with E-state index in [0.717, 1.165) is 48.8 Å². The molecule has 0 radical (unpaired) electrons. The zero-order valence-corrected chi connectivity index (χ0v) is 25.1. The molecule has 0 aliphatic carbocycles. The lowest BCUT2D eigenvalue weighted by Gasteiger charge is -2.20. The summed E-state index contributed by atoms with van der Waals surface area (Å²) in [5.41, 5.74) is 4.11. The van der Waals surface area contributed by atoms with Gasteiger partial charge in [-0.05, 0) is 101 Å². The van der Waals surface area contributed by atoms with Gasteiger partial charge in [-0.25, -0.2) is 0 Å². The van der Waals surface area contributed by atoms with E-state index in [0.29, 0.717) is 22.1 Å². The molecule has 0 atom stereocenters. The van der Waals surface area contributed by atoms with Gasteiger partial charge >= 0.3 is 0 Å². The van der Waals surface area contributed by atoms with Crippen LogP contribution in [0.3, 0.4) is 0 Å². The minimum Gasteiger partial charge on any atom is -0.456 e. The third-order valence-corrected chi connectivity index (χ3v) is 9.35. The van der Waals surface area contributed by atoms with Gasteiger partial charge in [-0.3, -0.25) is 0 Å². The van der Waals surface area contributed by atoms with Gasteiger partial charge in [0.25, 0.3) is 0 Å². The number of fused-ring (bicyclic) bond motifs is 8. The molecule has 9 aromatic carbocycles. The number of benzene rings is 9. The van der Waals surface area contributed by atoms with Crippen LogP contribution >= 0.6 is 0 Å². The topological polar surface area (TPSA) is 13.1 Å². The monoisotopic (exact) mass is 602 g/mol. The van der Waals surface area contributed by atoms with Crippen LogP contribution < -0.4 is 0 Å². The number of rotatable bonds is 3. The van der Waals surface area contributed by atoms with Gasteiger partial charge in [0.2, 0.25) is 0 Å². The quantitative estimate of drug-likeness (QED) is 0.145. The zero-order chi connectivity index (χ0) is 36.1. The Balaban J connectivity index is 1.40. The van der Waals surface area contributed by atoms with E-state index in [2.05, 4.69) is 66.7 Å². The number of furan rings is 1. The summed E-state index contributed by atoms with van der Waals surface area (Å²) in [6, 6.07) is 43.2. The number of hydrogen-bond donors (Lipinski definition) is 0. The van der Waals surface area contributed by atoms with Crippen molar-refractivity contribution in [3.05, 3.63) is 170 Å². The Hall–Kier alpha value is -6.18. The van der Waals surface area contributed by atoms with Gasteiger partial charge in [-0.15, -0.1) is 0 Å². The first kappa shape index (κ1) is 20.8. The van der Waals surface area contributed by atoms with E-state index in [1.54, 1.807) is 12.1 Å². The molecule has 1 heteroatoms. The van der Waals surface area contributed by atoms with E-state index in [1.807, 2.05) is 54.6 Å². The van der Waals surface area contributed by atoms with Crippen molar-refractivity contribution in [3.63, 3.8) is 0 Å². The van der Waals surface area contributed by atoms with E-state index in [-0.39, 0.29) is 58.4 Å². The first-order valence-electron chi connectivity index (χ1n) is 18.7. The van der Waals surface area contributed by atoms with Crippen LogP contribution in [0.5, 0.6) is 0 Å². The fourth-order valence-electron chi connectivity index (χ4n) is 7.33. The lowest BCUT2D eigenvalue weighted by atomic mass is 9.83. The summed E-state index contributed by atoms with van der Waals surface area (Å²) >= 11 is 0. The highest BCUT2D eigenvalue weighted by molar-refractivity contribution is 6.28. The second-order valence-corrected chi connectivity index (χ2v) is 11.9. The largest absolute Gasteiger partial charge is 0.456 e. The Labute approximate surface area is 280 Å². The Bertz CT molecular complexity index is 3130. The summed E-state index contributed by atoms with van der Waals surface area (Å²) < 4.78 is 61.5. The fraction of sp³-hybridized carbons (Fsp3) is 0. The Morgan fingerprint density at radius 1 is 0.404 bits per heavy atom. The van der Waals surface area contributed by atoms with Gasteiger partial charge in [-0.2, -0.15) is 0 Å². The lowest BCUT2D eigenvalue weighted by molar-refractivity contribution is 0.669. The highest BCUT2D eigenvalue weighted by atomic mass is 16.3. The molecule has 0 unspecified atom stereocenters. The van der Waals surface area contributed by atoms with Crippen molar-refractivity contribution in [1.82, 2.24) is 0 Å². The summed E-state index contributed by atoms with van der Waals surface area (Å²) in [6.45, 7) is 0. The van der Waals surface area contributed by atoms with Crippen LogP contribution in [-0.4, -0.2) is 0 Å². The summed E-state index contributed by atoms with van der Waals surface area (Å²) in [7, 11) is 0. The van der Waals surface area contributed by atoms with Gasteiger partial charge < -0.3 is 4.42 Å². The molecular formula is C46H28O. The second kappa shape index (κ2) is 10.2. The smallest absolute Gasteiger partial charge is 0.136 e. The van der Waals surface area contributed by atoms with E-state index >= 15 is 0 Å². The molecule has 0 bridgehead atoms. The van der Waals surface area contributed by atoms with Crippen molar-refractivity contribution in [2.24, 2.45) is 0 Å². The summed E-state index contributed by atoms with van der Waals surface area (Å²) in [5, 5.41) is 8.63. The molecule has 10 aromatic rings. The van der Waals surface area contributed by atoms with Crippen LogP contribution in [0.4, 0.5) is 0 Å². The third-order valence-electron chi connectivity index (χ3n) is 9.35. The maximum atomic E-state index is 9.49. The summed E-state index contributed by atoms with van der Waals surface area (Å²) in [6.07, 6.45) is 0. The average Bonchev–Trinajstić information content (AvgIpc) is 3.60. The maximum Gasteiger partial charge on any atom is 0.136 e. The molecule has 0 spiro atoms. The molecule has 1 nitrogen and oxygen atoms in total. The lowest BCUT2D eigenvalue weighted by Crippen LogP contribution is -1.92. The Morgan fingerprint density at radius 2 is 0.979 bits per heavy atom. The van der Waals surface area contributed by atoms with Crippen molar-refractivity contribution >= 4 is 65.0 Å². The zero-order valence-electron chi connectivity index (χ0n) is 31.1. The molecule has 0 amide bonds. The average molecular weight is 603 g/mol. The van der Waals surface area contributed by atoms with E-state index in [1.165, 1.54) is 5.39 Å². The minimum absolute atomic E-state index is 0.0281. The predicted molar refractivity (Wildman–Crippen MR) is 200 cm³/mol. The predicted octanol–water partition coefficient (Wildman–Crippen LogP) is 13.2. The minimum atomic E-state index is -0.309. The van der Waals surface area contributed by atoms with E-state index < -0.39 is 0 Å². The van der Waals surface area contributed by atoms with Crippen molar-refractivity contribution < 1.29 is 12.6 Å². The highest BCUT2D eigenvalue weighted by Crippen LogP contribution is 2.48. The second-order valence-electron chi connectivity index (χ2n) is 11.9. The van der Waals surface area contributed by atoms with Gasteiger partial charge in [-0.1, -0.05) is 146 Å². The summed E-state index contributed by atoms with van der Waals surface area (Å²) in [4.78, 5) is 0. The molecule has 47 heavy (non-hydrogen) atoms. The molecule has 218 valence electrons.